The summed E-state index contributed by atoms with van der Waals surface area (Å²) >= 11 is 0. The Hall–Kier alpha value is -1.37. The first-order chi connectivity index (χ1) is 9.28. The molecule has 2 rings (SSSR count). The summed E-state index contributed by atoms with van der Waals surface area (Å²) in [7, 11) is -3.32. The average Bonchev–Trinajstić information content (AvgIpc) is 2.87. The molecule has 0 spiro atoms. The molecule has 0 aliphatic carbocycles. The van der Waals surface area contributed by atoms with Gasteiger partial charge in [-0.05, 0) is 12.8 Å². The first-order valence-electron chi connectivity index (χ1n) is 6.79. The second-order valence-electron chi connectivity index (χ2n) is 5.71. The highest BCUT2D eigenvalue weighted by Crippen LogP contribution is 2.35. The standard InChI is InChI=1S/C13H21N3O3S/c1-4-11(17)16-7-5-6-13(2,9-16)12-10(8-14-15-12)20(3,18)19/h8H,4-7,9H2,1-3H3,(H,14,15). The van der Waals surface area contributed by atoms with E-state index < -0.39 is 15.3 Å². The van der Waals surface area contributed by atoms with Crippen LogP contribution in [-0.4, -0.2) is 48.8 Å². The van der Waals surface area contributed by atoms with Crippen LogP contribution in [0.4, 0.5) is 0 Å². The van der Waals surface area contributed by atoms with Crippen molar-refractivity contribution in [2.24, 2.45) is 0 Å². The number of H-pyrrole nitrogens is 1. The molecule has 1 atom stereocenters. The number of rotatable bonds is 3. The molecule has 1 N–H and O–H groups in total. The van der Waals surface area contributed by atoms with Crippen molar-refractivity contribution in [3.8, 4) is 0 Å². The molecule has 1 aromatic rings. The highest BCUT2D eigenvalue weighted by Gasteiger charge is 2.38. The molecule has 7 heteroatoms. The lowest BCUT2D eigenvalue weighted by atomic mass is 9.79. The summed E-state index contributed by atoms with van der Waals surface area (Å²) in [5, 5.41) is 6.72. The SMILES string of the molecule is CCC(=O)N1CCCC(C)(c2[nH]ncc2S(C)(=O)=O)C1. The van der Waals surface area contributed by atoms with Crippen LogP contribution >= 0.6 is 0 Å². The number of nitrogens with zero attached hydrogens (tertiary/aromatic N) is 2. The lowest BCUT2D eigenvalue weighted by Crippen LogP contribution is -2.47. The van der Waals surface area contributed by atoms with Gasteiger partial charge in [-0.1, -0.05) is 13.8 Å². The van der Waals surface area contributed by atoms with Crippen LogP contribution in [0.15, 0.2) is 11.1 Å². The molecule has 0 bridgehead atoms. The van der Waals surface area contributed by atoms with Crippen LogP contribution in [0.1, 0.15) is 38.8 Å². The van der Waals surface area contributed by atoms with Crippen molar-refractivity contribution < 1.29 is 13.2 Å². The fourth-order valence-electron chi connectivity index (χ4n) is 2.87. The third-order valence-electron chi connectivity index (χ3n) is 3.96. The van der Waals surface area contributed by atoms with Gasteiger partial charge in [0.05, 0.1) is 11.9 Å². The molecule has 1 aromatic heterocycles. The van der Waals surface area contributed by atoms with E-state index in [-0.39, 0.29) is 10.8 Å². The van der Waals surface area contributed by atoms with E-state index >= 15 is 0 Å². The van der Waals surface area contributed by atoms with E-state index in [1.807, 2.05) is 18.7 Å². The Bertz CT molecular complexity index is 608. The van der Waals surface area contributed by atoms with Crippen LogP contribution in [0.3, 0.4) is 0 Å². The lowest BCUT2D eigenvalue weighted by molar-refractivity contribution is -0.133. The zero-order chi connectivity index (χ0) is 15.0. The van der Waals surface area contributed by atoms with Crippen LogP contribution in [0.2, 0.25) is 0 Å². The molecule has 1 saturated heterocycles. The molecule has 6 nitrogen and oxygen atoms in total. The summed E-state index contributed by atoms with van der Waals surface area (Å²) in [6, 6.07) is 0. The van der Waals surface area contributed by atoms with Crippen molar-refractivity contribution in [2.45, 2.75) is 43.4 Å². The minimum atomic E-state index is -3.32. The smallest absolute Gasteiger partial charge is 0.222 e. The Labute approximate surface area is 119 Å². The molecule has 2 heterocycles. The molecule has 20 heavy (non-hydrogen) atoms. The summed E-state index contributed by atoms with van der Waals surface area (Å²) < 4.78 is 23.7. The third kappa shape index (κ3) is 2.72. The number of carbonyl (C=O) groups excluding carboxylic acids is 1. The second-order valence-corrected chi connectivity index (χ2v) is 7.70. The van der Waals surface area contributed by atoms with E-state index in [1.165, 1.54) is 12.5 Å². The van der Waals surface area contributed by atoms with E-state index in [9.17, 15) is 13.2 Å². The maximum absolute atomic E-state index is 11.9. The fraction of sp³-hybridized carbons (Fsp3) is 0.692. The topological polar surface area (TPSA) is 83.1 Å². The van der Waals surface area contributed by atoms with Crippen LogP contribution in [0, 0.1) is 0 Å². The highest BCUT2D eigenvalue weighted by atomic mass is 32.2. The van der Waals surface area contributed by atoms with Crippen molar-refractivity contribution >= 4 is 15.7 Å². The predicted molar refractivity (Wildman–Crippen MR) is 75.2 cm³/mol. The number of nitrogens with one attached hydrogen (secondary N) is 1. The van der Waals surface area contributed by atoms with Gasteiger partial charge in [0.25, 0.3) is 0 Å². The Balaban J connectivity index is 2.36. The van der Waals surface area contributed by atoms with Crippen molar-refractivity contribution in [1.29, 1.82) is 0 Å². The summed E-state index contributed by atoms with van der Waals surface area (Å²) in [6.07, 6.45) is 4.71. The van der Waals surface area contributed by atoms with Gasteiger partial charge in [-0.2, -0.15) is 5.10 Å². The molecular formula is C13H21N3O3S. The monoisotopic (exact) mass is 299 g/mol. The Morgan fingerprint density at radius 1 is 1.55 bits per heavy atom. The third-order valence-corrected chi connectivity index (χ3v) is 5.07. The Kier molecular flexibility index (Phi) is 3.90. The van der Waals surface area contributed by atoms with Gasteiger partial charge >= 0.3 is 0 Å². The Morgan fingerprint density at radius 2 is 2.25 bits per heavy atom. The summed E-state index contributed by atoms with van der Waals surface area (Å²) in [4.78, 5) is 13.9. The van der Waals surface area contributed by atoms with Crippen LogP contribution < -0.4 is 0 Å². The molecule has 1 amide bonds. The number of aromatic amines is 1. The lowest BCUT2D eigenvalue weighted by Gasteiger charge is -2.40. The van der Waals surface area contributed by atoms with E-state index in [4.69, 9.17) is 0 Å². The summed E-state index contributed by atoms with van der Waals surface area (Å²) in [5.41, 5.74) is 0.228. The minimum absolute atomic E-state index is 0.108. The van der Waals surface area contributed by atoms with Crippen LogP contribution in [0.5, 0.6) is 0 Å². The van der Waals surface area contributed by atoms with Gasteiger partial charge in [-0.3, -0.25) is 9.89 Å². The zero-order valence-electron chi connectivity index (χ0n) is 12.1. The number of likely N-dealkylation sites (tertiary alicyclic amines) is 1. The number of piperidine rings is 1. The number of aromatic nitrogens is 2. The molecule has 1 aliphatic rings. The van der Waals surface area contributed by atoms with Gasteiger partial charge in [0.15, 0.2) is 9.84 Å². The fourth-order valence-corrected chi connectivity index (χ4v) is 3.78. The number of hydrogen-bond donors (Lipinski definition) is 1. The van der Waals surface area contributed by atoms with Crippen LogP contribution in [0.25, 0.3) is 0 Å². The maximum Gasteiger partial charge on any atom is 0.222 e. The van der Waals surface area contributed by atoms with Crippen LogP contribution in [-0.2, 0) is 20.0 Å². The molecule has 1 unspecified atom stereocenters. The van der Waals surface area contributed by atoms with Gasteiger partial charge < -0.3 is 4.90 Å². The molecule has 1 aliphatic heterocycles. The van der Waals surface area contributed by atoms with E-state index in [1.54, 1.807) is 0 Å². The molecule has 0 aromatic carbocycles. The predicted octanol–water partition coefficient (Wildman–Crippen LogP) is 1.10. The molecule has 1 fully saturated rings. The summed E-state index contributed by atoms with van der Waals surface area (Å²) in [5.74, 6) is 0.108. The minimum Gasteiger partial charge on any atom is -0.342 e. The molecule has 0 radical (unpaired) electrons. The van der Waals surface area contributed by atoms with E-state index in [0.29, 0.717) is 18.7 Å². The van der Waals surface area contributed by atoms with Gasteiger partial charge in [0, 0.05) is 31.2 Å². The highest BCUT2D eigenvalue weighted by molar-refractivity contribution is 7.90. The van der Waals surface area contributed by atoms with E-state index in [2.05, 4.69) is 10.2 Å². The number of carbonyl (C=O) groups is 1. The molecular weight excluding hydrogens is 278 g/mol. The second kappa shape index (κ2) is 5.20. The van der Waals surface area contributed by atoms with E-state index in [0.717, 1.165) is 19.4 Å². The largest absolute Gasteiger partial charge is 0.342 e. The Morgan fingerprint density at radius 3 is 2.85 bits per heavy atom. The van der Waals surface area contributed by atoms with Gasteiger partial charge in [0.2, 0.25) is 5.91 Å². The van der Waals surface area contributed by atoms with Crippen molar-refractivity contribution in [2.75, 3.05) is 19.3 Å². The first kappa shape index (κ1) is 15.0. The normalized spacial score (nSPS) is 23.9. The number of amides is 1. The number of hydrogen-bond acceptors (Lipinski definition) is 4. The zero-order valence-corrected chi connectivity index (χ0v) is 13.0. The van der Waals surface area contributed by atoms with Gasteiger partial charge in [-0.25, -0.2) is 8.42 Å². The summed E-state index contributed by atoms with van der Waals surface area (Å²) in [6.45, 7) is 5.10. The molecule has 112 valence electrons. The van der Waals surface area contributed by atoms with Gasteiger partial charge in [0.1, 0.15) is 4.90 Å². The number of sulfone groups is 1. The molecule has 0 saturated carbocycles. The van der Waals surface area contributed by atoms with Crippen molar-refractivity contribution in [1.82, 2.24) is 15.1 Å². The first-order valence-corrected chi connectivity index (χ1v) is 8.69. The van der Waals surface area contributed by atoms with Gasteiger partial charge in [-0.15, -0.1) is 0 Å². The maximum atomic E-state index is 11.9. The quantitative estimate of drug-likeness (QED) is 0.906. The average molecular weight is 299 g/mol. The van der Waals surface area contributed by atoms with Crippen molar-refractivity contribution in [3.63, 3.8) is 0 Å². The van der Waals surface area contributed by atoms with Crippen molar-refractivity contribution in [3.05, 3.63) is 11.9 Å².